The van der Waals surface area contributed by atoms with Gasteiger partial charge in [-0.05, 0) is 18.6 Å². The molecule has 0 aliphatic heterocycles. The summed E-state index contributed by atoms with van der Waals surface area (Å²) in [4.78, 5) is 0. The molecule has 0 spiro atoms. The summed E-state index contributed by atoms with van der Waals surface area (Å²) >= 11 is 6.16. The van der Waals surface area contributed by atoms with Crippen molar-refractivity contribution in [2.24, 2.45) is 0 Å². The van der Waals surface area contributed by atoms with Gasteiger partial charge in [-0.1, -0.05) is 24.6 Å². The van der Waals surface area contributed by atoms with Crippen molar-refractivity contribution in [2.75, 3.05) is 20.8 Å². The highest BCUT2D eigenvalue weighted by molar-refractivity contribution is 6.31. The predicted octanol–water partition coefficient (Wildman–Crippen LogP) is 2.86. The lowest BCUT2D eigenvalue weighted by molar-refractivity contribution is 0.163. The lowest BCUT2D eigenvalue weighted by Crippen LogP contribution is -2.32. The molecule has 0 aliphatic carbocycles. The molecule has 1 N–H and O–H groups in total. The molecule has 0 amide bonds. The Bertz CT molecular complexity index is 344. The van der Waals surface area contributed by atoms with E-state index in [1.54, 1.807) is 14.2 Å². The minimum absolute atomic E-state index is 0.334. The molecule has 1 aromatic rings. The molecule has 1 unspecified atom stereocenters. The Morgan fingerprint density at radius 1 is 1.35 bits per heavy atom. The third kappa shape index (κ3) is 4.19. The monoisotopic (exact) mass is 257 g/mol. The van der Waals surface area contributed by atoms with Crippen molar-refractivity contribution in [2.45, 2.75) is 25.9 Å². The second kappa shape index (κ2) is 7.54. The summed E-state index contributed by atoms with van der Waals surface area (Å²) < 4.78 is 10.4. The van der Waals surface area contributed by atoms with Crippen molar-refractivity contribution in [1.82, 2.24) is 5.32 Å². The van der Waals surface area contributed by atoms with E-state index in [0.717, 1.165) is 22.8 Å². The van der Waals surface area contributed by atoms with Crippen LogP contribution >= 0.6 is 11.6 Å². The molecule has 0 bridgehead atoms. The number of hydrogen-bond donors (Lipinski definition) is 1. The van der Waals surface area contributed by atoms with E-state index in [1.807, 2.05) is 18.2 Å². The van der Waals surface area contributed by atoms with Crippen LogP contribution in [0.5, 0.6) is 5.75 Å². The molecule has 1 aromatic carbocycles. The van der Waals surface area contributed by atoms with Crippen molar-refractivity contribution >= 4 is 11.6 Å². The van der Waals surface area contributed by atoms with Crippen molar-refractivity contribution in [3.8, 4) is 5.75 Å². The molecule has 3 nitrogen and oxygen atoms in total. The van der Waals surface area contributed by atoms with E-state index in [-0.39, 0.29) is 0 Å². The van der Waals surface area contributed by atoms with Gasteiger partial charge >= 0.3 is 0 Å². The molecule has 0 aromatic heterocycles. The number of methoxy groups -OCH3 is 2. The van der Waals surface area contributed by atoms with Gasteiger partial charge in [-0.2, -0.15) is 0 Å². The van der Waals surface area contributed by atoms with Crippen molar-refractivity contribution in [3.05, 3.63) is 28.8 Å². The van der Waals surface area contributed by atoms with Gasteiger partial charge in [0, 0.05) is 30.3 Å². The van der Waals surface area contributed by atoms with Gasteiger partial charge in [-0.25, -0.2) is 0 Å². The van der Waals surface area contributed by atoms with Crippen LogP contribution in [0.3, 0.4) is 0 Å². The molecule has 0 radical (unpaired) electrons. The number of benzene rings is 1. The topological polar surface area (TPSA) is 30.5 Å². The lowest BCUT2D eigenvalue weighted by Gasteiger charge is -2.17. The highest BCUT2D eigenvalue weighted by Crippen LogP contribution is 2.26. The van der Waals surface area contributed by atoms with Crippen molar-refractivity contribution < 1.29 is 9.47 Å². The summed E-state index contributed by atoms with van der Waals surface area (Å²) in [6.07, 6.45) is 1.01. The van der Waals surface area contributed by atoms with Crippen LogP contribution < -0.4 is 10.1 Å². The fourth-order valence-corrected chi connectivity index (χ4v) is 1.90. The zero-order valence-corrected chi connectivity index (χ0v) is 11.4. The highest BCUT2D eigenvalue weighted by Gasteiger charge is 2.10. The molecule has 0 aliphatic rings. The smallest absolute Gasteiger partial charge is 0.124 e. The summed E-state index contributed by atoms with van der Waals surface area (Å²) in [5, 5.41) is 4.14. The van der Waals surface area contributed by atoms with E-state index in [4.69, 9.17) is 21.1 Å². The quantitative estimate of drug-likeness (QED) is 0.815. The average molecular weight is 258 g/mol. The van der Waals surface area contributed by atoms with Gasteiger partial charge in [0.1, 0.15) is 5.75 Å². The zero-order valence-electron chi connectivity index (χ0n) is 10.6. The van der Waals surface area contributed by atoms with Crippen LogP contribution in [-0.2, 0) is 11.3 Å². The van der Waals surface area contributed by atoms with Crippen LogP contribution in [0.2, 0.25) is 5.02 Å². The third-order valence-electron chi connectivity index (χ3n) is 2.72. The number of halogens is 1. The van der Waals surface area contributed by atoms with E-state index in [9.17, 15) is 0 Å². The van der Waals surface area contributed by atoms with Gasteiger partial charge in [-0.15, -0.1) is 0 Å². The number of rotatable bonds is 7. The molecule has 0 heterocycles. The Labute approximate surface area is 108 Å². The molecular formula is C13H20ClNO2. The van der Waals surface area contributed by atoms with Gasteiger partial charge in [0.15, 0.2) is 0 Å². The molecule has 96 valence electrons. The first-order valence-corrected chi connectivity index (χ1v) is 6.14. The van der Waals surface area contributed by atoms with E-state index < -0.39 is 0 Å². The van der Waals surface area contributed by atoms with Crippen molar-refractivity contribution in [3.63, 3.8) is 0 Å². The SMILES string of the molecule is CCC(COC)NCc1c(Cl)cccc1OC. The summed E-state index contributed by atoms with van der Waals surface area (Å²) in [5.41, 5.74) is 0.992. The Morgan fingerprint density at radius 3 is 2.71 bits per heavy atom. The maximum atomic E-state index is 6.16. The number of ether oxygens (including phenoxy) is 2. The average Bonchev–Trinajstić information content (AvgIpc) is 2.35. The Balaban J connectivity index is 2.67. The summed E-state index contributed by atoms with van der Waals surface area (Å²) in [6.45, 7) is 3.51. The van der Waals surface area contributed by atoms with Crippen LogP contribution in [0.4, 0.5) is 0 Å². The predicted molar refractivity (Wildman–Crippen MR) is 70.8 cm³/mol. The molecule has 0 saturated heterocycles. The van der Waals surface area contributed by atoms with Gasteiger partial charge in [-0.3, -0.25) is 0 Å². The van der Waals surface area contributed by atoms with Crippen LogP contribution in [0.1, 0.15) is 18.9 Å². The highest BCUT2D eigenvalue weighted by atomic mass is 35.5. The molecule has 0 fully saturated rings. The first-order valence-electron chi connectivity index (χ1n) is 5.76. The largest absolute Gasteiger partial charge is 0.496 e. The van der Waals surface area contributed by atoms with Crippen LogP contribution in [-0.4, -0.2) is 26.9 Å². The summed E-state index contributed by atoms with van der Waals surface area (Å²) in [5.74, 6) is 0.817. The summed E-state index contributed by atoms with van der Waals surface area (Å²) in [6, 6.07) is 6.01. The Hall–Kier alpha value is -0.770. The first kappa shape index (κ1) is 14.3. The number of nitrogens with one attached hydrogen (secondary N) is 1. The van der Waals surface area contributed by atoms with Gasteiger partial charge < -0.3 is 14.8 Å². The maximum Gasteiger partial charge on any atom is 0.124 e. The van der Waals surface area contributed by atoms with E-state index >= 15 is 0 Å². The molecule has 1 rings (SSSR count). The Kier molecular flexibility index (Phi) is 6.34. The first-order chi connectivity index (χ1) is 8.22. The molecule has 4 heteroatoms. The molecular weight excluding hydrogens is 238 g/mol. The lowest BCUT2D eigenvalue weighted by atomic mass is 10.1. The number of hydrogen-bond acceptors (Lipinski definition) is 3. The molecule has 0 saturated carbocycles. The molecule has 1 atom stereocenters. The summed E-state index contributed by atoms with van der Waals surface area (Å²) in [7, 11) is 3.36. The molecule has 17 heavy (non-hydrogen) atoms. The van der Waals surface area contributed by atoms with Gasteiger partial charge in [0.2, 0.25) is 0 Å². The Morgan fingerprint density at radius 2 is 2.12 bits per heavy atom. The van der Waals surface area contributed by atoms with E-state index in [1.165, 1.54) is 0 Å². The fourth-order valence-electron chi connectivity index (χ4n) is 1.67. The second-order valence-electron chi connectivity index (χ2n) is 3.86. The standard InChI is InChI=1S/C13H20ClNO2/c1-4-10(9-16-2)15-8-11-12(14)6-5-7-13(11)17-3/h5-7,10,15H,4,8-9H2,1-3H3. The van der Waals surface area contributed by atoms with Gasteiger partial charge in [0.05, 0.1) is 13.7 Å². The van der Waals surface area contributed by atoms with Crippen LogP contribution in [0.25, 0.3) is 0 Å². The second-order valence-corrected chi connectivity index (χ2v) is 4.27. The minimum atomic E-state index is 0.334. The van der Waals surface area contributed by atoms with E-state index in [0.29, 0.717) is 19.2 Å². The fraction of sp³-hybridized carbons (Fsp3) is 0.538. The van der Waals surface area contributed by atoms with Crippen LogP contribution in [0.15, 0.2) is 18.2 Å². The minimum Gasteiger partial charge on any atom is -0.496 e. The van der Waals surface area contributed by atoms with Gasteiger partial charge in [0.25, 0.3) is 0 Å². The van der Waals surface area contributed by atoms with Crippen molar-refractivity contribution in [1.29, 1.82) is 0 Å². The maximum absolute atomic E-state index is 6.16. The normalized spacial score (nSPS) is 12.5. The third-order valence-corrected chi connectivity index (χ3v) is 3.08. The van der Waals surface area contributed by atoms with E-state index in [2.05, 4.69) is 12.2 Å². The zero-order chi connectivity index (χ0) is 12.7. The van der Waals surface area contributed by atoms with Crippen LogP contribution in [0, 0.1) is 0 Å².